The molecule has 30 heavy (non-hydrogen) atoms. The lowest BCUT2D eigenvalue weighted by molar-refractivity contribution is 0.102. The smallest absolute Gasteiger partial charge is 0.255 e. The summed E-state index contributed by atoms with van der Waals surface area (Å²) in [4.78, 5) is 12.2. The molecular formula is C20H19ClF3NO4S. The fourth-order valence-corrected chi connectivity index (χ4v) is 5.70. The Bertz CT molecular complexity index is 1050. The SMILES string of the molecule is O=C(Nc1cc(F)c(F)c(F)c1)c1ccc(Cl)c(S(=O)(=O)C[C@H]2CC[C@H](O)CC2)c1. The van der Waals surface area contributed by atoms with Crippen molar-refractivity contribution in [2.24, 2.45) is 5.92 Å². The van der Waals surface area contributed by atoms with E-state index in [-0.39, 0.29) is 32.8 Å². The summed E-state index contributed by atoms with van der Waals surface area (Å²) in [7, 11) is -3.82. The van der Waals surface area contributed by atoms with E-state index in [2.05, 4.69) is 5.32 Å². The molecule has 2 aromatic rings. The highest BCUT2D eigenvalue weighted by atomic mass is 35.5. The molecule has 0 radical (unpaired) electrons. The van der Waals surface area contributed by atoms with Gasteiger partial charge in [0.2, 0.25) is 0 Å². The standard InChI is InChI=1S/C20H19ClF3NO4S/c21-15-6-3-12(20(27)25-13-8-16(22)19(24)17(23)9-13)7-18(15)30(28,29)10-11-1-4-14(26)5-2-11/h3,6-9,11,14,26H,1-2,4-5,10H2,(H,25,27)/t11-,14-. The summed E-state index contributed by atoms with van der Waals surface area (Å²) < 4.78 is 65.4. The fourth-order valence-electron chi connectivity index (χ4n) is 3.43. The summed E-state index contributed by atoms with van der Waals surface area (Å²) in [5.74, 6) is -5.74. The van der Waals surface area contributed by atoms with Gasteiger partial charge in [0.25, 0.3) is 5.91 Å². The lowest BCUT2D eigenvalue weighted by Crippen LogP contribution is -2.24. The van der Waals surface area contributed by atoms with Crippen molar-refractivity contribution >= 4 is 33.0 Å². The molecule has 2 aromatic carbocycles. The van der Waals surface area contributed by atoms with E-state index in [1.165, 1.54) is 12.1 Å². The molecule has 0 atom stereocenters. The van der Waals surface area contributed by atoms with Gasteiger partial charge in [0, 0.05) is 23.4 Å². The van der Waals surface area contributed by atoms with Gasteiger partial charge in [-0.15, -0.1) is 0 Å². The number of sulfone groups is 1. The molecule has 0 heterocycles. The summed E-state index contributed by atoms with van der Waals surface area (Å²) in [6, 6.07) is 4.84. The molecule has 0 spiro atoms. The van der Waals surface area contributed by atoms with E-state index in [1.54, 1.807) is 0 Å². The Hall–Kier alpha value is -2.10. The number of aliphatic hydroxyl groups excluding tert-OH is 1. The van der Waals surface area contributed by atoms with E-state index in [4.69, 9.17) is 11.6 Å². The van der Waals surface area contributed by atoms with Crippen LogP contribution in [0.1, 0.15) is 36.0 Å². The monoisotopic (exact) mass is 461 g/mol. The van der Waals surface area contributed by atoms with Gasteiger partial charge in [0.15, 0.2) is 27.3 Å². The quantitative estimate of drug-likeness (QED) is 0.649. The van der Waals surface area contributed by atoms with Crippen LogP contribution in [0.2, 0.25) is 5.02 Å². The molecule has 1 saturated carbocycles. The van der Waals surface area contributed by atoms with Gasteiger partial charge in [0.05, 0.1) is 21.8 Å². The number of aliphatic hydroxyl groups is 1. The first-order chi connectivity index (χ1) is 14.1. The van der Waals surface area contributed by atoms with Crippen molar-refractivity contribution in [3.63, 3.8) is 0 Å². The van der Waals surface area contributed by atoms with Gasteiger partial charge >= 0.3 is 0 Å². The number of rotatable bonds is 5. The van der Waals surface area contributed by atoms with E-state index in [0.29, 0.717) is 37.8 Å². The zero-order valence-corrected chi connectivity index (χ0v) is 17.2. The number of carbonyl (C=O) groups is 1. The zero-order valence-electron chi connectivity index (χ0n) is 15.7. The van der Waals surface area contributed by atoms with Gasteiger partial charge < -0.3 is 10.4 Å². The summed E-state index contributed by atoms with van der Waals surface area (Å²) in [6.07, 6.45) is 1.78. The number of nitrogens with one attached hydrogen (secondary N) is 1. The number of benzene rings is 2. The van der Waals surface area contributed by atoms with E-state index in [1.807, 2.05) is 0 Å². The van der Waals surface area contributed by atoms with E-state index < -0.39 is 39.3 Å². The van der Waals surface area contributed by atoms with Crippen LogP contribution < -0.4 is 5.32 Å². The molecule has 0 aromatic heterocycles. The summed E-state index contributed by atoms with van der Waals surface area (Å²) >= 11 is 6.05. The summed E-state index contributed by atoms with van der Waals surface area (Å²) in [6.45, 7) is 0. The van der Waals surface area contributed by atoms with Crippen molar-refractivity contribution in [1.82, 2.24) is 0 Å². The van der Waals surface area contributed by atoms with Crippen LogP contribution in [0.5, 0.6) is 0 Å². The maximum absolute atomic E-state index is 13.3. The number of halogens is 4. The Morgan fingerprint density at radius 2 is 1.67 bits per heavy atom. The maximum atomic E-state index is 13.3. The van der Waals surface area contributed by atoms with Crippen molar-refractivity contribution in [3.05, 3.63) is 58.4 Å². The predicted octanol–water partition coefficient (Wildman–Crippen LogP) is 4.33. The average Bonchev–Trinajstić information content (AvgIpc) is 2.67. The van der Waals surface area contributed by atoms with Crippen LogP contribution in [0.3, 0.4) is 0 Å². The zero-order chi connectivity index (χ0) is 22.1. The highest BCUT2D eigenvalue weighted by Gasteiger charge is 2.28. The number of hydrogen-bond acceptors (Lipinski definition) is 4. The molecular weight excluding hydrogens is 443 g/mol. The van der Waals surface area contributed by atoms with Crippen molar-refractivity contribution in [1.29, 1.82) is 0 Å². The molecule has 162 valence electrons. The number of anilines is 1. The molecule has 0 unspecified atom stereocenters. The topological polar surface area (TPSA) is 83.5 Å². The molecule has 1 aliphatic rings. The van der Waals surface area contributed by atoms with E-state index >= 15 is 0 Å². The Morgan fingerprint density at radius 1 is 1.07 bits per heavy atom. The minimum atomic E-state index is -3.82. The third-order valence-electron chi connectivity index (χ3n) is 5.04. The first kappa shape index (κ1) is 22.6. The largest absolute Gasteiger partial charge is 0.393 e. The molecule has 3 rings (SSSR count). The van der Waals surface area contributed by atoms with Gasteiger partial charge in [-0.3, -0.25) is 4.79 Å². The molecule has 0 bridgehead atoms. The van der Waals surface area contributed by atoms with Gasteiger partial charge in [-0.25, -0.2) is 21.6 Å². The summed E-state index contributed by atoms with van der Waals surface area (Å²) in [5.41, 5.74) is -0.418. The van der Waals surface area contributed by atoms with Crippen molar-refractivity contribution < 1.29 is 31.5 Å². The molecule has 1 fully saturated rings. The third-order valence-corrected chi connectivity index (χ3v) is 7.40. The molecule has 10 heteroatoms. The second-order valence-corrected chi connectivity index (χ2v) is 9.72. The highest BCUT2D eigenvalue weighted by Crippen LogP contribution is 2.30. The second kappa shape index (κ2) is 8.95. The number of carbonyl (C=O) groups excluding carboxylic acids is 1. The Balaban J connectivity index is 1.81. The number of amides is 1. The molecule has 5 nitrogen and oxygen atoms in total. The van der Waals surface area contributed by atoms with E-state index in [0.717, 1.165) is 6.07 Å². The van der Waals surface area contributed by atoms with Crippen LogP contribution in [0.15, 0.2) is 35.2 Å². The fraction of sp³-hybridized carbons (Fsp3) is 0.350. The van der Waals surface area contributed by atoms with Gasteiger partial charge in [-0.2, -0.15) is 0 Å². The number of hydrogen-bond donors (Lipinski definition) is 2. The Morgan fingerprint density at radius 3 is 2.27 bits per heavy atom. The van der Waals surface area contributed by atoms with E-state index in [9.17, 15) is 31.5 Å². The molecule has 1 amide bonds. The first-order valence-corrected chi connectivity index (χ1v) is 11.3. The minimum absolute atomic E-state index is 0.0544. The van der Waals surface area contributed by atoms with Crippen LogP contribution in [0.25, 0.3) is 0 Å². The van der Waals surface area contributed by atoms with Crippen molar-refractivity contribution in [2.75, 3.05) is 11.1 Å². The van der Waals surface area contributed by atoms with Crippen LogP contribution >= 0.6 is 11.6 Å². The lowest BCUT2D eigenvalue weighted by atomic mass is 9.89. The van der Waals surface area contributed by atoms with Crippen molar-refractivity contribution in [3.8, 4) is 0 Å². The lowest BCUT2D eigenvalue weighted by Gasteiger charge is -2.25. The average molecular weight is 462 g/mol. The van der Waals surface area contributed by atoms with Gasteiger partial charge in [-0.1, -0.05) is 11.6 Å². The molecule has 1 aliphatic carbocycles. The van der Waals surface area contributed by atoms with Crippen molar-refractivity contribution in [2.45, 2.75) is 36.7 Å². The van der Waals surface area contributed by atoms with Crippen LogP contribution in [0, 0.1) is 23.4 Å². The predicted molar refractivity (Wildman–Crippen MR) is 106 cm³/mol. The van der Waals surface area contributed by atoms with Gasteiger partial charge in [-0.05, 0) is 49.8 Å². The maximum Gasteiger partial charge on any atom is 0.255 e. The second-order valence-electron chi connectivity index (χ2n) is 7.31. The van der Waals surface area contributed by atoms with Crippen LogP contribution in [-0.2, 0) is 9.84 Å². The molecule has 0 saturated heterocycles. The van der Waals surface area contributed by atoms with Crippen LogP contribution in [0.4, 0.5) is 18.9 Å². The third kappa shape index (κ3) is 5.14. The summed E-state index contributed by atoms with van der Waals surface area (Å²) in [5, 5.41) is 11.7. The minimum Gasteiger partial charge on any atom is -0.393 e. The first-order valence-electron chi connectivity index (χ1n) is 9.23. The normalized spacial score (nSPS) is 19.5. The van der Waals surface area contributed by atoms with Gasteiger partial charge in [0.1, 0.15) is 0 Å². The molecule has 0 aliphatic heterocycles. The molecule has 2 N–H and O–H groups in total. The Kier molecular flexibility index (Phi) is 6.74. The van der Waals surface area contributed by atoms with Crippen LogP contribution in [-0.4, -0.2) is 31.3 Å². The highest BCUT2D eigenvalue weighted by molar-refractivity contribution is 7.91. The Labute approximate surface area is 176 Å².